The van der Waals surface area contributed by atoms with E-state index in [1.54, 1.807) is 0 Å². The van der Waals surface area contributed by atoms with Crippen LogP contribution in [0.4, 0.5) is 5.69 Å². The van der Waals surface area contributed by atoms with Gasteiger partial charge in [-0.3, -0.25) is 9.69 Å². The number of benzene rings is 1. The number of para-hydroxylation sites is 1. The number of nitrogens with zero attached hydrogens (tertiary/aromatic N) is 1. The second-order valence-electron chi connectivity index (χ2n) is 7.35. The molecule has 1 unspecified atom stereocenters. The fourth-order valence-corrected chi connectivity index (χ4v) is 4.39. The summed E-state index contributed by atoms with van der Waals surface area (Å²) in [4.78, 5) is 15.8. The van der Waals surface area contributed by atoms with Crippen LogP contribution in [0.5, 0.6) is 0 Å². The highest BCUT2D eigenvalue weighted by molar-refractivity contribution is 5.98. The molecule has 0 spiro atoms. The molecule has 1 atom stereocenters. The van der Waals surface area contributed by atoms with Gasteiger partial charge in [0.25, 0.3) is 0 Å². The van der Waals surface area contributed by atoms with Crippen LogP contribution in [0.1, 0.15) is 58.3 Å². The molecule has 126 valence electrons. The highest BCUT2D eigenvalue weighted by atomic mass is 16.2. The zero-order chi connectivity index (χ0) is 16.1. The summed E-state index contributed by atoms with van der Waals surface area (Å²) in [6, 6.07) is 9.91. The van der Waals surface area contributed by atoms with Gasteiger partial charge in [0.05, 0.1) is 0 Å². The van der Waals surface area contributed by atoms with Gasteiger partial charge in [-0.25, -0.2) is 0 Å². The van der Waals surface area contributed by atoms with E-state index in [2.05, 4.69) is 17.1 Å². The van der Waals surface area contributed by atoms with Crippen molar-refractivity contribution in [3.8, 4) is 0 Å². The lowest BCUT2D eigenvalue weighted by molar-refractivity contribution is -0.133. The fourth-order valence-electron chi connectivity index (χ4n) is 4.39. The van der Waals surface area contributed by atoms with Crippen LogP contribution in [0.15, 0.2) is 30.3 Å². The van der Waals surface area contributed by atoms with E-state index in [0.29, 0.717) is 5.92 Å². The summed E-state index contributed by atoms with van der Waals surface area (Å²) in [5.41, 5.74) is 0.549. The maximum atomic E-state index is 13.3. The molecule has 1 N–H and O–H groups in total. The number of hydrogen-bond acceptors (Lipinski definition) is 2. The Morgan fingerprint density at radius 2 is 1.61 bits per heavy atom. The van der Waals surface area contributed by atoms with Crippen LogP contribution in [-0.2, 0) is 4.79 Å². The van der Waals surface area contributed by atoms with E-state index < -0.39 is 0 Å². The molecule has 3 heteroatoms. The minimum absolute atomic E-state index is 0.192. The van der Waals surface area contributed by atoms with Crippen LogP contribution in [-0.4, -0.2) is 29.4 Å². The van der Waals surface area contributed by atoms with Crippen molar-refractivity contribution in [2.45, 2.75) is 63.8 Å². The van der Waals surface area contributed by atoms with Crippen molar-refractivity contribution in [3.05, 3.63) is 30.3 Å². The molecule has 1 aliphatic carbocycles. The van der Waals surface area contributed by atoms with Crippen molar-refractivity contribution in [2.75, 3.05) is 18.4 Å². The average molecular weight is 314 g/mol. The molecule has 1 heterocycles. The molecule has 1 amide bonds. The van der Waals surface area contributed by atoms with Crippen molar-refractivity contribution < 1.29 is 4.79 Å². The molecule has 1 aromatic carbocycles. The van der Waals surface area contributed by atoms with Crippen LogP contribution < -0.4 is 5.32 Å². The van der Waals surface area contributed by atoms with E-state index in [9.17, 15) is 4.79 Å². The first-order valence-electron chi connectivity index (χ1n) is 9.33. The van der Waals surface area contributed by atoms with Crippen molar-refractivity contribution >= 4 is 11.6 Å². The number of amides is 1. The second-order valence-corrected chi connectivity index (χ2v) is 7.35. The van der Waals surface area contributed by atoms with Gasteiger partial charge in [0.1, 0.15) is 5.54 Å². The standard InChI is InChI=1S/C20H30N2O/c1-20(17-11-5-2-6-12-17,22-15-9-4-10-16-22)19(23)21-18-13-7-3-8-14-18/h3,7-8,13-14,17H,2,4-6,9-12,15-16H2,1H3,(H,21,23). The summed E-state index contributed by atoms with van der Waals surface area (Å²) in [7, 11) is 0. The van der Waals surface area contributed by atoms with E-state index in [1.165, 1.54) is 51.4 Å². The van der Waals surface area contributed by atoms with Gasteiger partial charge in [-0.05, 0) is 63.7 Å². The molecule has 1 saturated heterocycles. The topological polar surface area (TPSA) is 32.3 Å². The largest absolute Gasteiger partial charge is 0.324 e. The van der Waals surface area contributed by atoms with E-state index in [1.807, 2.05) is 30.3 Å². The molecule has 3 rings (SSSR count). The molecular formula is C20H30N2O. The Bertz CT molecular complexity index is 484. The van der Waals surface area contributed by atoms with Gasteiger partial charge in [-0.2, -0.15) is 0 Å². The van der Waals surface area contributed by atoms with Crippen LogP contribution in [0.2, 0.25) is 0 Å². The van der Waals surface area contributed by atoms with Gasteiger partial charge in [-0.15, -0.1) is 0 Å². The fraction of sp³-hybridized carbons (Fsp3) is 0.650. The Hall–Kier alpha value is -1.35. The minimum Gasteiger partial charge on any atom is -0.324 e. The van der Waals surface area contributed by atoms with Crippen LogP contribution in [0.25, 0.3) is 0 Å². The second kappa shape index (κ2) is 7.48. The van der Waals surface area contributed by atoms with E-state index in [0.717, 1.165) is 18.8 Å². The quantitative estimate of drug-likeness (QED) is 0.890. The summed E-state index contributed by atoms with van der Waals surface area (Å²) < 4.78 is 0. The lowest BCUT2D eigenvalue weighted by atomic mass is 9.73. The Kier molecular flexibility index (Phi) is 5.37. The molecule has 1 saturated carbocycles. The average Bonchev–Trinajstić information content (AvgIpc) is 2.63. The summed E-state index contributed by atoms with van der Waals surface area (Å²) in [6.45, 7) is 4.33. The first kappa shape index (κ1) is 16.5. The van der Waals surface area contributed by atoms with Crippen molar-refractivity contribution in [1.29, 1.82) is 0 Å². The number of carbonyl (C=O) groups excluding carboxylic acids is 1. The maximum absolute atomic E-state index is 13.3. The first-order valence-corrected chi connectivity index (χ1v) is 9.33. The number of carbonyl (C=O) groups is 1. The van der Waals surface area contributed by atoms with Crippen LogP contribution >= 0.6 is 0 Å². The molecule has 0 bridgehead atoms. The van der Waals surface area contributed by atoms with Crippen LogP contribution in [0.3, 0.4) is 0 Å². The number of likely N-dealkylation sites (tertiary alicyclic amines) is 1. The zero-order valence-electron chi connectivity index (χ0n) is 14.4. The van der Waals surface area contributed by atoms with Gasteiger partial charge < -0.3 is 5.32 Å². The number of piperidine rings is 1. The van der Waals surface area contributed by atoms with Crippen LogP contribution in [0, 0.1) is 5.92 Å². The summed E-state index contributed by atoms with van der Waals surface area (Å²) in [5.74, 6) is 0.676. The normalized spacial score (nSPS) is 23.2. The molecule has 2 fully saturated rings. The predicted molar refractivity (Wildman–Crippen MR) is 95.5 cm³/mol. The van der Waals surface area contributed by atoms with Crippen molar-refractivity contribution in [1.82, 2.24) is 4.90 Å². The minimum atomic E-state index is -0.364. The molecule has 1 aliphatic heterocycles. The number of rotatable bonds is 4. The van der Waals surface area contributed by atoms with Gasteiger partial charge in [0, 0.05) is 5.69 Å². The molecule has 1 aromatic rings. The van der Waals surface area contributed by atoms with Gasteiger partial charge >= 0.3 is 0 Å². The molecule has 3 nitrogen and oxygen atoms in total. The summed E-state index contributed by atoms with van der Waals surface area (Å²) in [6.07, 6.45) is 10.00. The monoisotopic (exact) mass is 314 g/mol. The Balaban J connectivity index is 1.82. The first-order chi connectivity index (χ1) is 11.2. The summed E-state index contributed by atoms with van der Waals surface area (Å²) in [5, 5.41) is 3.20. The number of hydrogen-bond donors (Lipinski definition) is 1. The third-order valence-corrected chi connectivity index (χ3v) is 5.90. The van der Waals surface area contributed by atoms with Gasteiger partial charge in [-0.1, -0.05) is 43.9 Å². The predicted octanol–water partition coefficient (Wildman–Crippen LogP) is 4.45. The number of nitrogens with one attached hydrogen (secondary N) is 1. The Morgan fingerprint density at radius 3 is 2.26 bits per heavy atom. The Labute approximate surface area is 140 Å². The van der Waals surface area contributed by atoms with Gasteiger partial charge in [0.15, 0.2) is 0 Å². The third-order valence-electron chi connectivity index (χ3n) is 5.90. The molecule has 23 heavy (non-hydrogen) atoms. The SMILES string of the molecule is CC(C(=O)Nc1ccccc1)(C1CCCCC1)N1CCCCC1. The highest BCUT2D eigenvalue weighted by Crippen LogP contribution is 2.38. The lowest BCUT2D eigenvalue weighted by Crippen LogP contribution is -2.61. The molecule has 2 aliphatic rings. The third kappa shape index (κ3) is 3.60. The smallest absolute Gasteiger partial charge is 0.244 e. The van der Waals surface area contributed by atoms with E-state index in [4.69, 9.17) is 0 Å². The van der Waals surface area contributed by atoms with E-state index in [-0.39, 0.29) is 11.4 Å². The molecule has 0 aromatic heterocycles. The van der Waals surface area contributed by atoms with E-state index >= 15 is 0 Å². The molecule has 0 radical (unpaired) electrons. The maximum Gasteiger partial charge on any atom is 0.244 e. The summed E-state index contributed by atoms with van der Waals surface area (Å²) >= 11 is 0. The highest BCUT2D eigenvalue weighted by Gasteiger charge is 2.46. The van der Waals surface area contributed by atoms with Gasteiger partial charge in [0.2, 0.25) is 5.91 Å². The zero-order valence-corrected chi connectivity index (χ0v) is 14.4. The Morgan fingerprint density at radius 1 is 1.00 bits per heavy atom. The lowest BCUT2D eigenvalue weighted by Gasteiger charge is -2.48. The molecular weight excluding hydrogens is 284 g/mol. The van der Waals surface area contributed by atoms with Crippen molar-refractivity contribution in [3.63, 3.8) is 0 Å². The number of anilines is 1. The van der Waals surface area contributed by atoms with Crippen molar-refractivity contribution in [2.24, 2.45) is 5.92 Å².